The number of rotatable bonds is 17. The molecule has 9 nitrogen and oxygen atoms in total. The fourth-order valence-corrected chi connectivity index (χ4v) is 5.46. The average molecular weight is 654 g/mol. The Balaban J connectivity index is 1.94. The molecule has 3 aromatic rings. The summed E-state index contributed by atoms with van der Waals surface area (Å²) in [5, 5.41) is 28.3. The van der Waals surface area contributed by atoms with Gasteiger partial charge in [0.15, 0.2) is 0 Å². The Hall–Kier alpha value is -4.19. The summed E-state index contributed by atoms with van der Waals surface area (Å²) < 4.78 is 33.4. The van der Waals surface area contributed by atoms with Gasteiger partial charge in [-0.3, -0.25) is 14.4 Å². The lowest BCUT2D eigenvalue weighted by Gasteiger charge is -2.33. The normalized spacial score (nSPS) is 13.7. The van der Waals surface area contributed by atoms with Crippen molar-refractivity contribution in [1.82, 2.24) is 15.5 Å². The fraction of sp³-hybridized carbons (Fsp3) is 0.417. The quantitative estimate of drug-likeness (QED) is 0.171. The first kappa shape index (κ1) is 37.3. The Bertz CT molecular complexity index is 1460. The molecule has 0 aliphatic heterocycles. The van der Waals surface area contributed by atoms with E-state index in [-0.39, 0.29) is 36.5 Å². The lowest BCUT2D eigenvalue weighted by atomic mass is 9.92. The van der Waals surface area contributed by atoms with Crippen LogP contribution in [0.25, 0.3) is 0 Å². The van der Waals surface area contributed by atoms with E-state index in [4.69, 9.17) is 4.74 Å². The number of ether oxygens (including phenoxy) is 1. The molecule has 0 aliphatic carbocycles. The van der Waals surface area contributed by atoms with Gasteiger partial charge in [-0.25, -0.2) is 8.78 Å². The minimum atomic E-state index is -1.71. The second kappa shape index (κ2) is 18.2. The molecule has 0 radical (unpaired) electrons. The average Bonchev–Trinajstić information content (AvgIpc) is 3.04. The third-order valence-electron chi connectivity index (χ3n) is 7.72. The van der Waals surface area contributed by atoms with Crippen molar-refractivity contribution in [2.75, 3.05) is 26.8 Å². The molecule has 0 fully saturated rings. The molecule has 0 aromatic heterocycles. The molecule has 0 aliphatic rings. The van der Waals surface area contributed by atoms with Crippen molar-refractivity contribution in [2.24, 2.45) is 0 Å². The Labute approximate surface area is 274 Å². The molecule has 0 saturated heterocycles. The third-order valence-corrected chi connectivity index (χ3v) is 7.72. The van der Waals surface area contributed by atoms with E-state index in [1.165, 1.54) is 13.2 Å². The van der Waals surface area contributed by atoms with Crippen molar-refractivity contribution < 1.29 is 38.1 Å². The van der Waals surface area contributed by atoms with E-state index in [1.807, 2.05) is 13.8 Å². The van der Waals surface area contributed by atoms with Gasteiger partial charge in [0.25, 0.3) is 17.7 Å². The van der Waals surface area contributed by atoms with Crippen molar-refractivity contribution in [3.8, 4) is 0 Å². The van der Waals surface area contributed by atoms with Gasteiger partial charge >= 0.3 is 0 Å². The van der Waals surface area contributed by atoms with Crippen LogP contribution in [0.1, 0.15) is 75.3 Å². The third kappa shape index (κ3) is 10.9. The van der Waals surface area contributed by atoms with Gasteiger partial charge in [0, 0.05) is 49.6 Å². The monoisotopic (exact) mass is 653 g/mol. The number of carbonyl (C=O) groups excluding carboxylic acids is 3. The van der Waals surface area contributed by atoms with Crippen molar-refractivity contribution >= 4 is 17.7 Å². The first-order valence-electron chi connectivity index (χ1n) is 15.8. The number of aliphatic hydroxyl groups excluding tert-OH is 2. The summed E-state index contributed by atoms with van der Waals surface area (Å²) in [7, 11) is 1.45. The van der Waals surface area contributed by atoms with Crippen LogP contribution in [0, 0.1) is 18.6 Å². The Kier molecular flexibility index (Phi) is 14.5. The largest absolute Gasteiger partial charge is 0.388 e. The molecule has 0 saturated carbocycles. The standard InChI is InChI=1S/C36H45F2N3O6/c1-5-13-41(14-6-2)36(46)27-17-23(3)16-26(21-27)35(45)40-31(20-24-18-28(37)22-29(38)19-24)33(43)32(42)30(12-15-47-4)39-34(44)25-10-8-7-9-11-25/h7-11,16-19,21-22,30-33,42-43H,5-6,12-15,20H2,1-4H3,(H,39,44)(H,40,45)/t30-,31+,32-,33-/m1/s1. The number of aliphatic hydroxyl groups is 2. The van der Waals surface area contributed by atoms with Gasteiger partial charge in [-0.05, 0) is 86.2 Å². The van der Waals surface area contributed by atoms with Gasteiger partial charge in [0.2, 0.25) is 0 Å². The first-order valence-corrected chi connectivity index (χ1v) is 15.8. The number of benzene rings is 3. The molecular weight excluding hydrogens is 608 g/mol. The molecule has 4 atom stereocenters. The van der Waals surface area contributed by atoms with Gasteiger partial charge in [-0.15, -0.1) is 0 Å². The smallest absolute Gasteiger partial charge is 0.253 e. The van der Waals surface area contributed by atoms with Crippen molar-refractivity contribution in [2.45, 2.75) is 70.7 Å². The molecule has 3 amide bonds. The predicted molar refractivity (Wildman–Crippen MR) is 175 cm³/mol. The van der Waals surface area contributed by atoms with Gasteiger partial charge in [0.1, 0.15) is 23.8 Å². The van der Waals surface area contributed by atoms with E-state index in [0.29, 0.717) is 35.8 Å². The zero-order valence-electron chi connectivity index (χ0n) is 27.3. The van der Waals surface area contributed by atoms with Gasteiger partial charge in [-0.1, -0.05) is 32.0 Å². The summed E-state index contributed by atoms with van der Waals surface area (Å²) in [6, 6.07) is 13.6. The van der Waals surface area contributed by atoms with Gasteiger partial charge < -0.3 is 30.5 Å². The van der Waals surface area contributed by atoms with Crippen LogP contribution < -0.4 is 10.6 Å². The number of amides is 3. The van der Waals surface area contributed by atoms with E-state index in [0.717, 1.165) is 25.0 Å². The highest BCUT2D eigenvalue weighted by molar-refractivity contribution is 6.00. The predicted octanol–water partition coefficient (Wildman–Crippen LogP) is 4.43. The molecule has 11 heteroatoms. The van der Waals surface area contributed by atoms with Gasteiger partial charge in [-0.2, -0.15) is 0 Å². The lowest BCUT2D eigenvalue weighted by molar-refractivity contribution is -0.0269. The maximum absolute atomic E-state index is 14.1. The van der Waals surface area contributed by atoms with E-state index < -0.39 is 47.7 Å². The van der Waals surface area contributed by atoms with Crippen LogP contribution in [-0.4, -0.2) is 83.9 Å². The summed E-state index contributed by atoms with van der Waals surface area (Å²) in [6.45, 7) is 6.94. The van der Waals surface area contributed by atoms with Crippen LogP contribution in [-0.2, 0) is 11.2 Å². The van der Waals surface area contributed by atoms with E-state index in [2.05, 4.69) is 10.6 Å². The Morgan fingerprint density at radius 1 is 0.787 bits per heavy atom. The van der Waals surface area contributed by atoms with Gasteiger partial charge in [0.05, 0.1) is 12.1 Å². The van der Waals surface area contributed by atoms with Crippen molar-refractivity contribution in [3.05, 3.63) is 106 Å². The molecule has 3 aromatic carbocycles. The summed E-state index contributed by atoms with van der Waals surface area (Å²) in [5.74, 6) is -3.08. The molecule has 0 heterocycles. The zero-order chi connectivity index (χ0) is 34.5. The van der Waals surface area contributed by atoms with Crippen LogP contribution in [0.2, 0.25) is 0 Å². The number of nitrogens with one attached hydrogen (secondary N) is 2. The number of hydrogen-bond acceptors (Lipinski definition) is 6. The summed E-state index contributed by atoms with van der Waals surface area (Å²) in [4.78, 5) is 41.7. The number of halogens is 2. The van der Waals surface area contributed by atoms with Crippen molar-refractivity contribution in [1.29, 1.82) is 0 Å². The van der Waals surface area contributed by atoms with Crippen LogP contribution in [0.15, 0.2) is 66.7 Å². The van der Waals surface area contributed by atoms with Crippen LogP contribution in [0.4, 0.5) is 8.78 Å². The molecular formula is C36H45F2N3O6. The number of nitrogens with zero attached hydrogens (tertiary/aromatic N) is 1. The number of aryl methyl sites for hydroxylation is 1. The van der Waals surface area contributed by atoms with E-state index >= 15 is 0 Å². The second-order valence-corrected chi connectivity index (χ2v) is 11.7. The summed E-state index contributed by atoms with van der Waals surface area (Å²) in [6.07, 6.45) is -1.96. The summed E-state index contributed by atoms with van der Waals surface area (Å²) >= 11 is 0. The SMILES string of the molecule is CCCN(CCC)C(=O)c1cc(C)cc(C(=O)N[C@@H](Cc2cc(F)cc(F)c2)[C@@H](O)[C@H](O)[C@@H](CCOC)NC(=O)c2ccccc2)c1. The number of methoxy groups -OCH3 is 1. The number of carbonyl (C=O) groups is 3. The van der Waals surface area contributed by atoms with E-state index in [1.54, 1.807) is 54.3 Å². The highest BCUT2D eigenvalue weighted by Crippen LogP contribution is 2.19. The molecule has 3 rings (SSSR count). The van der Waals surface area contributed by atoms with Crippen LogP contribution in [0.3, 0.4) is 0 Å². The minimum absolute atomic E-state index is 0.109. The molecule has 0 unspecified atom stereocenters. The highest BCUT2D eigenvalue weighted by atomic mass is 19.1. The van der Waals surface area contributed by atoms with Crippen molar-refractivity contribution in [3.63, 3.8) is 0 Å². The lowest BCUT2D eigenvalue weighted by Crippen LogP contribution is -2.57. The van der Waals surface area contributed by atoms with Crippen LogP contribution >= 0.6 is 0 Å². The zero-order valence-corrected chi connectivity index (χ0v) is 27.3. The Morgan fingerprint density at radius 2 is 1.34 bits per heavy atom. The maximum Gasteiger partial charge on any atom is 0.253 e. The second-order valence-electron chi connectivity index (χ2n) is 11.7. The maximum atomic E-state index is 14.1. The fourth-order valence-electron chi connectivity index (χ4n) is 5.46. The minimum Gasteiger partial charge on any atom is -0.388 e. The molecule has 4 N–H and O–H groups in total. The molecule has 0 bridgehead atoms. The van der Waals surface area contributed by atoms with Crippen LogP contribution in [0.5, 0.6) is 0 Å². The molecule has 254 valence electrons. The highest BCUT2D eigenvalue weighted by Gasteiger charge is 2.35. The van der Waals surface area contributed by atoms with E-state index in [9.17, 15) is 33.4 Å². The Morgan fingerprint density at radius 3 is 1.94 bits per heavy atom. The molecule has 0 spiro atoms. The topological polar surface area (TPSA) is 128 Å². The molecule has 47 heavy (non-hydrogen) atoms. The number of hydrogen-bond donors (Lipinski definition) is 4. The first-order chi connectivity index (χ1) is 22.5. The summed E-state index contributed by atoms with van der Waals surface area (Å²) in [5.41, 5.74) is 1.56.